The molecule has 0 N–H and O–H groups in total. The Morgan fingerprint density at radius 2 is 1.97 bits per heavy atom. The first kappa shape index (κ1) is 19.8. The molecular formula is C26H21N3O3. The minimum atomic E-state index is -0.918. The van der Waals surface area contributed by atoms with E-state index in [-0.39, 0.29) is 0 Å². The number of carbonyl (C=O) groups excluding carboxylic acids is 1. The number of likely N-dealkylation sites (N-methyl/N-ethyl adjacent to an activating group) is 1. The Hall–Kier alpha value is -4.11. The average molecular weight is 423 g/mol. The lowest BCUT2D eigenvalue weighted by Crippen LogP contribution is -2.61. The van der Waals surface area contributed by atoms with Gasteiger partial charge in [0.15, 0.2) is 5.75 Å². The van der Waals surface area contributed by atoms with Crippen LogP contribution in [0.5, 0.6) is 11.5 Å². The van der Waals surface area contributed by atoms with E-state index in [1.54, 1.807) is 12.1 Å². The van der Waals surface area contributed by atoms with Crippen LogP contribution in [-0.4, -0.2) is 25.0 Å². The highest BCUT2D eigenvalue weighted by molar-refractivity contribution is 6.02. The van der Waals surface area contributed by atoms with Crippen molar-refractivity contribution in [2.75, 3.05) is 11.9 Å². The van der Waals surface area contributed by atoms with E-state index in [1.165, 1.54) is 0 Å². The van der Waals surface area contributed by atoms with Crippen molar-refractivity contribution in [2.24, 2.45) is 4.99 Å². The Bertz CT molecular complexity index is 1380. The summed E-state index contributed by atoms with van der Waals surface area (Å²) in [7, 11) is 1.95. The Morgan fingerprint density at radius 3 is 2.69 bits per heavy atom. The highest BCUT2D eigenvalue weighted by Gasteiger charge is 2.58. The van der Waals surface area contributed by atoms with Crippen LogP contribution in [0.4, 0.5) is 11.4 Å². The third kappa shape index (κ3) is 2.51. The summed E-state index contributed by atoms with van der Waals surface area (Å²) in [6, 6.07) is 17.3. The lowest BCUT2D eigenvalue weighted by atomic mass is 9.77. The predicted octanol–water partition coefficient (Wildman–Crippen LogP) is 5.02. The molecule has 0 amide bonds. The molecule has 6 nitrogen and oxygen atoms in total. The zero-order valence-electron chi connectivity index (χ0n) is 18.0. The second-order valence-corrected chi connectivity index (χ2v) is 8.47. The Balaban J connectivity index is 1.65. The van der Waals surface area contributed by atoms with Gasteiger partial charge >= 0.3 is 5.97 Å². The van der Waals surface area contributed by atoms with Gasteiger partial charge in [0.2, 0.25) is 5.72 Å². The van der Waals surface area contributed by atoms with Crippen molar-refractivity contribution in [2.45, 2.75) is 25.0 Å². The number of aliphatic imine (C=N–C) groups is 1. The molecule has 2 heterocycles. The fourth-order valence-corrected chi connectivity index (χ4v) is 4.75. The average Bonchev–Trinajstić information content (AvgIpc) is 2.96. The van der Waals surface area contributed by atoms with Crippen molar-refractivity contribution in [3.8, 4) is 17.6 Å². The zero-order valence-corrected chi connectivity index (χ0v) is 18.0. The molecule has 0 radical (unpaired) electrons. The van der Waals surface area contributed by atoms with E-state index < -0.39 is 17.1 Å². The van der Waals surface area contributed by atoms with Crippen molar-refractivity contribution >= 4 is 34.3 Å². The predicted molar refractivity (Wildman–Crippen MR) is 124 cm³/mol. The first-order chi connectivity index (χ1) is 15.3. The number of benzene rings is 3. The number of nitriles is 1. The molecule has 2 aliphatic heterocycles. The smallest absolute Gasteiger partial charge is 0.335 e. The third-order valence-electron chi connectivity index (χ3n) is 6.52. The summed E-state index contributed by atoms with van der Waals surface area (Å²) in [6.07, 6.45) is 2.97. The molecule has 0 bridgehead atoms. The number of fused-ring (bicyclic) bond motifs is 4. The van der Waals surface area contributed by atoms with Gasteiger partial charge < -0.3 is 14.4 Å². The summed E-state index contributed by atoms with van der Waals surface area (Å²) in [4.78, 5) is 18.6. The van der Waals surface area contributed by atoms with Crippen molar-refractivity contribution in [3.63, 3.8) is 0 Å². The first-order valence-corrected chi connectivity index (χ1v) is 10.2. The molecule has 0 fully saturated rings. The van der Waals surface area contributed by atoms with Crippen molar-refractivity contribution < 1.29 is 14.3 Å². The van der Waals surface area contributed by atoms with Crippen molar-refractivity contribution in [1.29, 1.82) is 5.26 Å². The minimum Gasteiger partial charge on any atom is -0.459 e. The molecule has 0 saturated heterocycles. The van der Waals surface area contributed by atoms with Gasteiger partial charge in [0.25, 0.3) is 0 Å². The van der Waals surface area contributed by atoms with Crippen molar-refractivity contribution in [1.82, 2.24) is 0 Å². The SMILES string of the molecule is C=CC(=O)Oc1ccc2c(c1)C(C)(C)C1(C=Nc3c(cc(C#N)c4ccccc34)O1)N2C. The minimum absolute atomic E-state index is 0.443. The fourth-order valence-electron chi connectivity index (χ4n) is 4.75. The second kappa shape index (κ2) is 6.69. The van der Waals surface area contributed by atoms with Gasteiger partial charge in [0, 0.05) is 35.6 Å². The molecule has 1 spiro atoms. The van der Waals surface area contributed by atoms with Gasteiger partial charge in [-0.3, -0.25) is 4.99 Å². The standard InChI is InChI=1S/C26H21N3O3/c1-5-23(30)31-17-10-11-21-20(13-17)25(2,3)26(29(21)4)15-28-24-19-9-7-6-8-18(19)16(14-27)12-22(24)32-26/h5-13,15H,1H2,2-4H3. The molecule has 32 heavy (non-hydrogen) atoms. The molecule has 1 unspecified atom stereocenters. The van der Waals surface area contributed by atoms with E-state index in [1.807, 2.05) is 54.6 Å². The number of anilines is 1. The van der Waals surface area contributed by atoms with Gasteiger partial charge in [0.05, 0.1) is 23.3 Å². The van der Waals surface area contributed by atoms with Gasteiger partial charge in [-0.1, -0.05) is 30.8 Å². The number of nitrogens with zero attached hydrogens (tertiary/aromatic N) is 3. The summed E-state index contributed by atoms with van der Waals surface area (Å²) in [6.45, 7) is 7.59. The van der Waals surface area contributed by atoms with Crippen LogP contribution in [0.3, 0.4) is 0 Å². The molecule has 3 aromatic rings. The monoisotopic (exact) mass is 423 g/mol. The largest absolute Gasteiger partial charge is 0.459 e. The number of hydrogen-bond acceptors (Lipinski definition) is 6. The van der Waals surface area contributed by atoms with Crippen LogP contribution < -0.4 is 14.4 Å². The van der Waals surface area contributed by atoms with Crippen LogP contribution in [0.25, 0.3) is 10.8 Å². The fraction of sp³-hybridized carbons (Fsp3) is 0.192. The first-order valence-electron chi connectivity index (χ1n) is 10.2. The molecule has 3 aromatic carbocycles. The maximum atomic E-state index is 11.7. The summed E-state index contributed by atoms with van der Waals surface area (Å²) >= 11 is 0. The van der Waals surface area contributed by atoms with E-state index in [0.29, 0.717) is 22.7 Å². The molecule has 6 heteroatoms. The summed E-state index contributed by atoms with van der Waals surface area (Å²) in [5, 5.41) is 11.4. The summed E-state index contributed by atoms with van der Waals surface area (Å²) in [5.74, 6) is 0.496. The van der Waals surface area contributed by atoms with Crippen LogP contribution in [0.1, 0.15) is 25.0 Å². The van der Waals surface area contributed by atoms with Gasteiger partial charge in [-0.2, -0.15) is 5.26 Å². The molecule has 158 valence electrons. The maximum absolute atomic E-state index is 11.7. The number of hydrogen-bond donors (Lipinski definition) is 0. The molecule has 2 aliphatic rings. The maximum Gasteiger partial charge on any atom is 0.335 e. The third-order valence-corrected chi connectivity index (χ3v) is 6.52. The highest BCUT2D eigenvalue weighted by Crippen LogP contribution is 2.55. The lowest BCUT2D eigenvalue weighted by Gasteiger charge is -2.45. The highest BCUT2D eigenvalue weighted by atomic mass is 16.5. The van der Waals surface area contributed by atoms with Crippen molar-refractivity contribution in [3.05, 3.63) is 72.3 Å². The number of ether oxygens (including phenoxy) is 2. The van der Waals surface area contributed by atoms with Gasteiger partial charge in [-0.25, -0.2) is 4.79 Å². The molecule has 1 atom stereocenters. The van der Waals surface area contributed by atoms with Crippen LogP contribution in [0.15, 0.2) is 66.2 Å². The molecule has 0 aromatic heterocycles. The Kier molecular flexibility index (Phi) is 4.15. The normalized spacial score (nSPS) is 19.8. The topological polar surface area (TPSA) is 74.9 Å². The van der Waals surface area contributed by atoms with Gasteiger partial charge in [-0.05, 0) is 37.6 Å². The summed E-state index contributed by atoms with van der Waals surface area (Å²) < 4.78 is 12.0. The molecule has 0 saturated carbocycles. The molecule has 5 rings (SSSR count). The van der Waals surface area contributed by atoms with E-state index >= 15 is 0 Å². The number of esters is 1. The van der Waals surface area contributed by atoms with Gasteiger partial charge in [-0.15, -0.1) is 0 Å². The van der Waals surface area contributed by atoms with Crippen LogP contribution >= 0.6 is 0 Å². The van der Waals surface area contributed by atoms with E-state index in [2.05, 4.69) is 26.5 Å². The lowest BCUT2D eigenvalue weighted by molar-refractivity contribution is -0.128. The quantitative estimate of drug-likeness (QED) is 0.329. The van der Waals surface area contributed by atoms with Gasteiger partial charge in [0.1, 0.15) is 11.4 Å². The molecular weight excluding hydrogens is 402 g/mol. The van der Waals surface area contributed by atoms with E-state index in [0.717, 1.165) is 28.1 Å². The second-order valence-electron chi connectivity index (χ2n) is 8.47. The summed E-state index contributed by atoms with van der Waals surface area (Å²) in [5.41, 5.74) is 1.70. The Labute approximate surface area is 186 Å². The van der Waals surface area contributed by atoms with Crippen LogP contribution in [0, 0.1) is 11.3 Å². The molecule has 0 aliphatic carbocycles. The number of carbonyl (C=O) groups is 1. The van der Waals surface area contributed by atoms with Crippen LogP contribution in [0.2, 0.25) is 0 Å². The zero-order chi connectivity index (χ0) is 22.7. The Morgan fingerprint density at radius 1 is 1.22 bits per heavy atom. The van der Waals surface area contributed by atoms with E-state index in [4.69, 9.17) is 14.5 Å². The van der Waals surface area contributed by atoms with E-state index in [9.17, 15) is 10.1 Å². The van der Waals surface area contributed by atoms with Crippen LogP contribution in [-0.2, 0) is 10.2 Å². The number of rotatable bonds is 2.